The molecular weight excluding hydrogens is 303 g/mol. The number of rotatable bonds is 2. The lowest BCUT2D eigenvalue weighted by Crippen LogP contribution is -2.19. The maximum absolute atomic E-state index is 13.2. The summed E-state index contributed by atoms with van der Waals surface area (Å²) >= 11 is 1.17. The number of carbonyl (C=O) groups excluding carboxylic acids is 1. The second-order valence-electron chi connectivity index (χ2n) is 4.56. The number of hydrogen-bond acceptors (Lipinski definition) is 4. The molecule has 2 aromatic rings. The van der Waals surface area contributed by atoms with Crippen LogP contribution in [-0.2, 0) is 4.79 Å². The Morgan fingerprint density at radius 1 is 1.18 bits per heavy atom. The maximum Gasteiger partial charge on any atom is 0.264 e. The van der Waals surface area contributed by atoms with Crippen molar-refractivity contribution in [2.45, 2.75) is 0 Å². The zero-order valence-corrected chi connectivity index (χ0v) is 12.1. The molecule has 4 nitrogen and oxygen atoms in total. The number of nitrogens with one attached hydrogen (secondary N) is 1. The van der Waals surface area contributed by atoms with E-state index in [4.69, 9.17) is 0 Å². The number of aliphatic imine (C=N–C) groups is 1. The quantitative estimate of drug-likeness (QED) is 0.835. The first-order valence-corrected chi connectivity index (χ1v) is 7.26. The number of phenols is 1. The van der Waals surface area contributed by atoms with E-state index >= 15 is 0 Å². The summed E-state index contributed by atoms with van der Waals surface area (Å²) in [6.45, 7) is 0. The third kappa shape index (κ3) is 3.35. The molecule has 0 atom stereocenters. The van der Waals surface area contributed by atoms with E-state index in [1.807, 2.05) is 0 Å². The fraction of sp³-hybridized carbons (Fsp3) is 0. The van der Waals surface area contributed by atoms with Gasteiger partial charge in [0.25, 0.3) is 5.91 Å². The van der Waals surface area contributed by atoms with Crippen LogP contribution in [0.3, 0.4) is 0 Å². The van der Waals surface area contributed by atoms with Crippen molar-refractivity contribution in [2.24, 2.45) is 4.99 Å². The zero-order chi connectivity index (χ0) is 15.5. The third-order valence-corrected chi connectivity index (χ3v) is 3.77. The molecule has 0 aliphatic carbocycles. The number of phenolic OH excluding ortho intramolecular Hbond substituents is 1. The molecule has 1 heterocycles. The predicted molar refractivity (Wildman–Crippen MR) is 85.3 cm³/mol. The number of aromatic hydroxyl groups is 1. The largest absolute Gasteiger partial charge is 0.508 e. The minimum atomic E-state index is -0.355. The summed E-state index contributed by atoms with van der Waals surface area (Å²) in [5, 5.41) is 12.5. The highest BCUT2D eigenvalue weighted by molar-refractivity contribution is 8.18. The van der Waals surface area contributed by atoms with Gasteiger partial charge in [0.05, 0.1) is 10.6 Å². The summed E-state index contributed by atoms with van der Waals surface area (Å²) in [5.74, 6) is -0.536. The van der Waals surface area contributed by atoms with Crippen molar-refractivity contribution in [3.05, 3.63) is 64.8 Å². The van der Waals surface area contributed by atoms with E-state index in [9.17, 15) is 14.3 Å². The molecule has 3 rings (SSSR count). The van der Waals surface area contributed by atoms with Crippen LogP contribution in [0.2, 0.25) is 0 Å². The summed E-state index contributed by atoms with van der Waals surface area (Å²) in [7, 11) is 0. The second-order valence-corrected chi connectivity index (χ2v) is 5.59. The van der Waals surface area contributed by atoms with Crippen LogP contribution in [0, 0.1) is 5.82 Å². The lowest BCUT2D eigenvalue weighted by atomic mass is 10.2. The molecule has 110 valence electrons. The Kier molecular flexibility index (Phi) is 3.93. The monoisotopic (exact) mass is 314 g/mol. The van der Waals surface area contributed by atoms with Crippen molar-refractivity contribution in [1.82, 2.24) is 5.32 Å². The molecule has 2 aromatic carbocycles. The Hall–Kier alpha value is -2.60. The molecule has 2 N–H and O–H groups in total. The lowest BCUT2D eigenvalue weighted by molar-refractivity contribution is -0.115. The Balaban J connectivity index is 1.84. The lowest BCUT2D eigenvalue weighted by Gasteiger charge is -1.97. The van der Waals surface area contributed by atoms with Gasteiger partial charge in [-0.05, 0) is 47.7 Å². The number of amidine groups is 1. The molecular formula is C16H11FN2O2S. The van der Waals surface area contributed by atoms with Gasteiger partial charge in [-0.3, -0.25) is 4.79 Å². The SMILES string of the molecule is O=C1NC(=Nc2cccc(O)c2)S/C1=C\c1cccc(F)c1. The fourth-order valence-electron chi connectivity index (χ4n) is 1.91. The summed E-state index contributed by atoms with van der Waals surface area (Å²) < 4.78 is 13.2. The predicted octanol–water partition coefficient (Wildman–Crippen LogP) is 3.42. The molecule has 1 aliphatic rings. The standard InChI is InChI=1S/C16H11FN2O2S/c17-11-4-1-3-10(7-11)8-14-15(21)19-16(22-14)18-12-5-2-6-13(20)9-12/h1-9,20H,(H,18,19,21)/b14-8-. The minimum absolute atomic E-state index is 0.103. The van der Waals surface area contributed by atoms with Crippen molar-refractivity contribution in [3.8, 4) is 5.75 Å². The molecule has 0 spiro atoms. The highest BCUT2D eigenvalue weighted by Crippen LogP contribution is 2.28. The first-order valence-electron chi connectivity index (χ1n) is 6.44. The molecule has 0 saturated carbocycles. The van der Waals surface area contributed by atoms with Crippen LogP contribution in [-0.4, -0.2) is 16.2 Å². The molecule has 0 unspecified atom stereocenters. The molecule has 0 aromatic heterocycles. The molecule has 6 heteroatoms. The molecule has 0 radical (unpaired) electrons. The Bertz CT molecular complexity index is 802. The highest BCUT2D eigenvalue weighted by Gasteiger charge is 2.23. The van der Waals surface area contributed by atoms with E-state index in [0.717, 1.165) is 0 Å². The topological polar surface area (TPSA) is 61.7 Å². The molecule has 1 amide bonds. The number of amides is 1. The van der Waals surface area contributed by atoms with Gasteiger partial charge in [0.15, 0.2) is 5.17 Å². The van der Waals surface area contributed by atoms with Crippen molar-refractivity contribution < 1.29 is 14.3 Å². The van der Waals surface area contributed by atoms with E-state index < -0.39 is 0 Å². The highest BCUT2D eigenvalue weighted by atomic mass is 32.2. The number of carbonyl (C=O) groups is 1. The summed E-state index contributed by atoms with van der Waals surface area (Å²) in [6, 6.07) is 12.4. The van der Waals surface area contributed by atoms with Gasteiger partial charge in [-0.1, -0.05) is 18.2 Å². The zero-order valence-electron chi connectivity index (χ0n) is 11.3. The van der Waals surface area contributed by atoms with Crippen LogP contribution in [0.5, 0.6) is 5.75 Å². The van der Waals surface area contributed by atoms with Crippen LogP contribution in [0.15, 0.2) is 58.4 Å². The summed E-state index contributed by atoms with van der Waals surface area (Å²) in [6.07, 6.45) is 1.61. The van der Waals surface area contributed by atoms with E-state index in [1.165, 1.54) is 30.0 Å². The molecule has 1 fully saturated rings. The third-order valence-electron chi connectivity index (χ3n) is 2.86. The van der Waals surface area contributed by atoms with E-state index in [0.29, 0.717) is 21.3 Å². The van der Waals surface area contributed by atoms with Gasteiger partial charge in [-0.15, -0.1) is 0 Å². The number of hydrogen-bond donors (Lipinski definition) is 2. The van der Waals surface area contributed by atoms with Gasteiger partial charge in [0, 0.05) is 6.07 Å². The molecule has 1 aliphatic heterocycles. The van der Waals surface area contributed by atoms with Gasteiger partial charge < -0.3 is 10.4 Å². The Morgan fingerprint density at radius 3 is 2.77 bits per heavy atom. The van der Waals surface area contributed by atoms with Crippen LogP contribution in [0.1, 0.15) is 5.56 Å². The minimum Gasteiger partial charge on any atom is -0.508 e. The maximum atomic E-state index is 13.2. The van der Waals surface area contributed by atoms with E-state index in [-0.39, 0.29) is 17.5 Å². The van der Waals surface area contributed by atoms with Crippen LogP contribution in [0.25, 0.3) is 6.08 Å². The average molecular weight is 314 g/mol. The van der Waals surface area contributed by atoms with Gasteiger partial charge in [0.2, 0.25) is 0 Å². The van der Waals surface area contributed by atoms with Crippen LogP contribution < -0.4 is 5.32 Å². The van der Waals surface area contributed by atoms with Gasteiger partial charge in [-0.25, -0.2) is 9.38 Å². The molecule has 1 saturated heterocycles. The van der Waals surface area contributed by atoms with Crippen molar-refractivity contribution >= 4 is 34.6 Å². The first-order chi connectivity index (χ1) is 10.6. The Labute approximate surface area is 130 Å². The van der Waals surface area contributed by atoms with Crippen molar-refractivity contribution in [1.29, 1.82) is 0 Å². The second kappa shape index (κ2) is 6.03. The van der Waals surface area contributed by atoms with Gasteiger partial charge >= 0.3 is 0 Å². The van der Waals surface area contributed by atoms with Crippen LogP contribution in [0.4, 0.5) is 10.1 Å². The van der Waals surface area contributed by atoms with E-state index in [2.05, 4.69) is 10.3 Å². The van der Waals surface area contributed by atoms with E-state index in [1.54, 1.807) is 36.4 Å². The summed E-state index contributed by atoms with van der Waals surface area (Å²) in [5.41, 5.74) is 1.14. The van der Waals surface area contributed by atoms with Crippen LogP contribution >= 0.6 is 11.8 Å². The van der Waals surface area contributed by atoms with Gasteiger partial charge in [-0.2, -0.15) is 0 Å². The number of thioether (sulfide) groups is 1. The number of nitrogens with zero attached hydrogens (tertiary/aromatic N) is 1. The number of benzene rings is 2. The average Bonchev–Trinajstić information content (AvgIpc) is 2.79. The number of halogens is 1. The smallest absolute Gasteiger partial charge is 0.264 e. The summed E-state index contributed by atoms with van der Waals surface area (Å²) in [4.78, 5) is 16.6. The fourth-order valence-corrected chi connectivity index (χ4v) is 2.75. The molecule has 22 heavy (non-hydrogen) atoms. The first kappa shape index (κ1) is 14.3. The normalized spacial score (nSPS) is 18.0. The molecule has 0 bridgehead atoms. The van der Waals surface area contributed by atoms with Gasteiger partial charge in [0.1, 0.15) is 11.6 Å². The van der Waals surface area contributed by atoms with Crippen molar-refractivity contribution in [2.75, 3.05) is 0 Å². The van der Waals surface area contributed by atoms with Crippen molar-refractivity contribution in [3.63, 3.8) is 0 Å². The Morgan fingerprint density at radius 2 is 2.00 bits per heavy atom.